The largest absolute Gasteiger partial charge is 0.497 e. The minimum absolute atomic E-state index is 0.0890. The maximum absolute atomic E-state index is 13.5. The SMILES string of the molecule is CCC1(C(=O)O)C(C)NC(C)=C(C(=O)OCCN(C)Cc2ccc(OC)cc2)C1c1cccc([N+](=O)[O-])c1. The number of nitrogens with one attached hydrogen (secondary N) is 1. The maximum Gasteiger partial charge on any atom is 0.336 e. The Morgan fingerprint density at radius 1 is 1.21 bits per heavy atom. The van der Waals surface area contributed by atoms with Crippen LogP contribution in [0, 0.1) is 15.5 Å². The van der Waals surface area contributed by atoms with Gasteiger partial charge in [0.25, 0.3) is 5.69 Å². The normalized spacial score (nSPS) is 21.1. The Labute approximate surface area is 222 Å². The van der Waals surface area contributed by atoms with Crippen LogP contribution in [0.3, 0.4) is 0 Å². The molecule has 3 unspecified atom stereocenters. The molecule has 0 aromatic heterocycles. The lowest BCUT2D eigenvalue weighted by molar-refractivity contribution is -0.384. The van der Waals surface area contributed by atoms with Gasteiger partial charge in [0.05, 0.1) is 23.0 Å². The summed E-state index contributed by atoms with van der Waals surface area (Å²) in [5, 5.41) is 25.0. The average molecular weight is 526 g/mol. The van der Waals surface area contributed by atoms with Crippen LogP contribution in [-0.2, 0) is 20.9 Å². The molecule has 1 aliphatic heterocycles. The molecule has 2 aromatic carbocycles. The van der Waals surface area contributed by atoms with E-state index in [0.29, 0.717) is 24.4 Å². The number of nitro benzene ring substituents is 1. The van der Waals surface area contributed by atoms with Crippen molar-refractivity contribution in [2.24, 2.45) is 5.41 Å². The molecule has 0 radical (unpaired) electrons. The Bertz CT molecular complexity index is 1210. The summed E-state index contributed by atoms with van der Waals surface area (Å²) in [5.41, 5.74) is 0.535. The molecule has 0 spiro atoms. The van der Waals surface area contributed by atoms with E-state index < -0.39 is 34.2 Å². The number of benzene rings is 2. The predicted molar refractivity (Wildman–Crippen MR) is 142 cm³/mol. The zero-order chi connectivity index (χ0) is 28.0. The molecule has 10 nitrogen and oxygen atoms in total. The molecule has 3 rings (SSSR count). The van der Waals surface area contributed by atoms with E-state index in [1.54, 1.807) is 33.9 Å². The first kappa shape index (κ1) is 28.6. The van der Waals surface area contributed by atoms with E-state index in [0.717, 1.165) is 11.3 Å². The third-order valence-electron chi connectivity index (χ3n) is 7.35. The van der Waals surface area contributed by atoms with Crippen LogP contribution in [0.1, 0.15) is 44.2 Å². The molecule has 3 atom stereocenters. The molecule has 204 valence electrons. The van der Waals surface area contributed by atoms with Crippen LogP contribution in [-0.4, -0.2) is 60.2 Å². The van der Waals surface area contributed by atoms with Crippen LogP contribution in [0.2, 0.25) is 0 Å². The summed E-state index contributed by atoms with van der Waals surface area (Å²) in [7, 11) is 3.52. The third kappa shape index (κ3) is 5.80. The lowest BCUT2D eigenvalue weighted by Crippen LogP contribution is -2.56. The fourth-order valence-corrected chi connectivity index (χ4v) is 5.27. The number of nitro groups is 1. The van der Waals surface area contributed by atoms with Crippen molar-refractivity contribution in [2.75, 3.05) is 27.3 Å². The number of aliphatic carboxylic acids is 1. The first-order valence-electron chi connectivity index (χ1n) is 12.5. The molecule has 10 heteroatoms. The number of hydrogen-bond donors (Lipinski definition) is 2. The number of methoxy groups -OCH3 is 1. The van der Waals surface area contributed by atoms with Crippen molar-refractivity contribution >= 4 is 17.6 Å². The number of non-ortho nitro benzene ring substituents is 1. The smallest absolute Gasteiger partial charge is 0.336 e. The second-order valence-corrected chi connectivity index (χ2v) is 9.61. The van der Waals surface area contributed by atoms with Gasteiger partial charge in [0.15, 0.2) is 0 Å². The third-order valence-corrected chi connectivity index (χ3v) is 7.35. The van der Waals surface area contributed by atoms with Gasteiger partial charge in [0, 0.05) is 42.9 Å². The number of ether oxygens (including phenoxy) is 2. The fraction of sp³-hybridized carbons (Fsp3) is 0.429. The number of allylic oxidation sites excluding steroid dienone is 1. The standard InChI is InChI=1S/C28H35N3O7/c1-6-28(27(33)34)19(3)29-18(2)24(25(28)21-8-7-9-22(16-21)31(35)36)26(32)38-15-14-30(4)17-20-10-12-23(37-5)13-11-20/h7-13,16,19,25,29H,6,14-15,17H2,1-5H3,(H,33,34). The highest BCUT2D eigenvalue weighted by Gasteiger charge is 2.55. The Morgan fingerprint density at radius 3 is 2.47 bits per heavy atom. The number of rotatable bonds is 11. The van der Waals surface area contributed by atoms with E-state index >= 15 is 0 Å². The Kier molecular flexibility index (Phi) is 9.11. The van der Waals surface area contributed by atoms with Crippen LogP contribution < -0.4 is 10.1 Å². The zero-order valence-electron chi connectivity index (χ0n) is 22.4. The number of hydrogen-bond acceptors (Lipinski definition) is 8. The van der Waals surface area contributed by atoms with Gasteiger partial charge in [-0.15, -0.1) is 0 Å². The molecule has 2 N–H and O–H groups in total. The summed E-state index contributed by atoms with van der Waals surface area (Å²) >= 11 is 0. The fourth-order valence-electron chi connectivity index (χ4n) is 5.27. The van der Waals surface area contributed by atoms with Crippen molar-refractivity contribution in [1.29, 1.82) is 0 Å². The Balaban J connectivity index is 1.85. The quantitative estimate of drug-likeness (QED) is 0.253. The van der Waals surface area contributed by atoms with E-state index in [1.807, 2.05) is 36.2 Å². The van der Waals surface area contributed by atoms with Gasteiger partial charge in [0.2, 0.25) is 0 Å². The van der Waals surface area contributed by atoms with Crippen molar-refractivity contribution in [1.82, 2.24) is 10.2 Å². The second-order valence-electron chi connectivity index (χ2n) is 9.61. The summed E-state index contributed by atoms with van der Waals surface area (Å²) in [4.78, 5) is 39.2. The highest BCUT2D eigenvalue weighted by atomic mass is 16.6. The van der Waals surface area contributed by atoms with E-state index in [1.165, 1.54) is 18.2 Å². The number of carboxylic acid groups (broad SMARTS) is 1. The van der Waals surface area contributed by atoms with E-state index in [9.17, 15) is 24.8 Å². The van der Waals surface area contributed by atoms with E-state index in [4.69, 9.17) is 9.47 Å². The summed E-state index contributed by atoms with van der Waals surface area (Å²) in [5.74, 6) is -1.90. The van der Waals surface area contributed by atoms with Crippen LogP contribution in [0.25, 0.3) is 0 Å². The molecule has 0 saturated carbocycles. The van der Waals surface area contributed by atoms with Gasteiger partial charge in [-0.3, -0.25) is 19.8 Å². The number of carbonyl (C=O) groups excluding carboxylic acids is 1. The topological polar surface area (TPSA) is 131 Å². The molecule has 1 aliphatic rings. The highest BCUT2D eigenvalue weighted by molar-refractivity contribution is 5.94. The number of likely N-dealkylation sites (N-methyl/N-ethyl adjacent to an activating group) is 1. The lowest BCUT2D eigenvalue weighted by Gasteiger charge is -2.46. The van der Waals surface area contributed by atoms with Crippen molar-refractivity contribution in [3.05, 3.63) is 81.0 Å². The van der Waals surface area contributed by atoms with Crippen LogP contribution in [0.4, 0.5) is 5.69 Å². The summed E-state index contributed by atoms with van der Waals surface area (Å²) < 4.78 is 10.8. The monoisotopic (exact) mass is 525 g/mol. The van der Waals surface area contributed by atoms with Crippen molar-refractivity contribution in [3.63, 3.8) is 0 Å². The van der Waals surface area contributed by atoms with Gasteiger partial charge in [-0.05, 0) is 50.6 Å². The van der Waals surface area contributed by atoms with Crippen LogP contribution >= 0.6 is 0 Å². The predicted octanol–water partition coefficient (Wildman–Crippen LogP) is 4.11. The van der Waals surface area contributed by atoms with E-state index in [-0.39, 0.29) is 24.3 Å². The minimum Gasteiger partial charge on any atom is -0.497 e. The maximum atomic E-state index is 13.5. The molecule has 0 saturated heterocycles. The van der Waals surface area contributed by atoms with Gasteiger partial charge in [-0.25, -0.2) is 4.79 Å². The number of carboxylic acids is 1. The molecule has 2 aromatic rings. The van der Waals surface area contributed by atoms with Gasteiger partial charge < -0.3 is 19.9 Å². The highest BCUT2D eigenvalue weighted by Crippen LogP contribution is 2.50. The van der Waals surface area contributed by atoms with Gasteiger partial charge >= 0.3 is 11.9 Å². The molecule has 38 heavy (non-hydrogen) atoms. The first-order chi connectivity index (χ1) is 18.0. The number of carbonyl (C=O) groups is 2. The van der Waals surface area contributed by atoms with Crippen molar-refractivity contribution in [3.8, 4) is 5.75 Å². The second kappa shape index (κ2) is 12.1. The summed E-state index contributed by atoms with van der Waals surface area (Å²) in [6.07, 6.45) is 0.193. The lowest BCUT2D eigenvalue weighted by atomic mass is 9.61. The summed E-state index contributed by atoms with van der Waals surface area (Å²) in [6, 6.07) is 13.0. The molecule has 0 amide bonds. The van der Waals surface area contributed by atoms with Gasteiger partial charge in [-0.2, -0.15) is 0 Å². The van der Waals surface area contributed by atoms with E-state index in [2.05, 4.69) is 5.32 Å². The number of nitrogens with zero attached hydrogens (tertiary/aromatic N) is 2. The zero-order valence-corrected chi connectivity index (χ0v) is 22.4. The van der Waals surface area contributed by atoms with Crippen molar-refractivity contribution < 1.29 is 29.1 Å². The van der Waals surface area contributed by atoms with Crippen LogP contribution in [0.5, 0.6) is 5.75 Å². The Hall–Kier alpha value is -3.92. The Morgan fingerprint density at radius 2 is 1.89 bits per heavy atom. The number of esters is 1. The minimum atomic E-state index is -1.42. The molecular formula is C28H35N3O7. The first-order valence-corrected chi connectivity index (χ1v) is 12.5. The van der Waals surface area contributed by atoms with Gasteiger partial charge in [-0.1, -0.05) is 31.2 Å². The molecule has 0 aliphatic carbocycles. The van der Waals surface area contributed by atoms with Gasteiger partial charge in [0.1, 0.15) is 12.4 Å². The average Bonchev–Trinajstić information content (AvgIpc) is 2.88. The van der Waals surface area contributed by atoms with Crippen LogP contribution in [0.15, 0.2) is 59.8 Å². The van der Waals surface area contributed by atoms with Crippen molar-refractivity contribution in [2.45, 2.75) is 45.7 Å². The molecular weight excluding hydrogens is 490 g/mol. The molecule has 1 heterocycles. The summed E-state index contributed by atoms with van der Waals surface area (Å²) in [6.45, 7) is 6.38. The molecule has 0 bridgehead atoms. The molecule has 0 fully saturated rings.